The van der Waals surface area contributed by atoms with E-state index in [1.165, 1.54) is 16.7 Å². The molecule has 3 rings (SSSR count). The van der Waals surface area contributed by atoms with Gasteiger partial charge in [0.2, 0.25) is 0 Å². The van der Waals surface area contributed by atoms with Gasteiger partial charge in [0.05, 0.1) is 13.2 Å². The molecule has 0 radical (unpaired) electrons. The molecular weight excluding hydrogens is 328 g/mol. The van der Waals surface area contributed by atoms with Crippen molar-refractivity contribution in [3.05, 3.63) is 65.2 Å². The number of ether oxygens (including phenoxy) is 2. The molecule has 0 N–H and O–H groups in total. The van der Waals surface area contributed by atoms with Crippen molar-refractivity contribution in [2.24, 2.45) is 0 Å². The maximum Gasteiger partial charge on any atom is 0.122 e. The molecule has 0 aliphatic carbocycles. The van der Waals surface area contributed by atoms with Gasteiger partial charge in [-0.3, -0.25) is 0 Å². The first-order valence-electron chi connectivity index (χ1n) is 7.35. The summed E-state index contributed by atoms with van der Waals surface area (Å²) in [5.74, 6) is 1.04. The van der Waals surface area contributed by atoms with E-state index >= 15 is 0 Å². The molecule has 2 aromatic rings. The lowest BCUT2D eigenvalue weighted by molar-refractivity contribution is 0.104. The number of rotatable bonds is 5. The Labute approximate surface area is 134 Å². The van der Waals surface area contributed by atoms with Crippen LogP contribution >= 0.6 is 15.9 Å². The highest BCUT2D eigenvalue weighted by Gasteiger charge is 2.12. The Hall–Kier alpha value is -1.32. The number of aryl methyl sites for hydroxylation is 1. The molecule has 1 heterocycles. The maximum atomic E-state index is 5.86. The van der Waals surface area contributed by atoms with Gasteiger partial charge in [0.1, 0.15) is 10.8 Å². The molecule has 110 valence electrons. The molecule has 1 atom stereocenters. The lowest BCUT2D eigenvalue weighted by atomic mass is 10.0. The molecule has 1 aliphatic rings. The average Bonchev–Trinajstić information content (AvgIpc) is 2.54. The topological polar surface area (TPSA) is 18.5 Å². The zero-order chi connectivity index (χ0) is 14.5. The van der Waals surface area contributed by atoms with Crippen LogP contribution in [0.2, 0.25) is 0 Å². The minimum absolute atomic E-state index is 0.0280. The molecular formula is C18H19BrO2. The van der Waals surface area contributed by atoms with Crippen LogP contribution in [0.4, 0.5) is 0 Å². The average molecular weight is 347 g/mol. The van der Waals surface area contributed by atoms with Crippen LogP contribution in [0.5, 0.6) is 5.75 Å². The predicted octanol–water partition coefficient (Wildman–Crippen LogP) is 4.49. The normalized spacial score (nSPS) is 15.1. The van der Waals surface area contributed by atoms with Crippen LogP contribution in [0.25, 0.3) is 0 Å². The van der Waals surface area contributed by atoms with Crippen LogP contribution in [-0.2, 0) is 24.2 Å². The number of alkyl halides is 1. The van der Waals surface area contributed by atoms with Crippen molar-refractivity contribution in [2.45, 2.75) is 30.9 Å². The number of fused-ring (bicyclic) bond motifs is 1. The summed E-state index contributed by atoms with van der Waals surface area (Å²) in [4.78, 5) is 0. The Bertz CT molecular complexity index is 583. The highest BCUT2D eigenvalue weighted by molar-refractivity contribution is 9.09. The molecule has 2 nitrogen and oxygen atoms in total. The van der Waals surface area contributed by atoms with Crippen LogP contribution in [0.1, 0.15) is 23.1 Å². The van der Waals surface area contributed by atoms with Gasteiger partial charge in [-0.15, -0.1) is 0 Å². The van der Waals surface area contributed by atoms with Gasteiger partial charge >= 0.3 is 0 Å². The molecule has 0 aromatic heterocycles. The highest BCUT2D eigenvalue weighted by Crippen LogP contribution is 2.26. The number of benzene rings is 2. The quantitative estimate of drug-likeness (QED) is 0.742. The van der Waals surface area contributed by atoms with Crippen LogP contribution < -0.4 is 4.74 Å². The first-order valence-corrected chi connectivity index (χ1v) is 8.27. The van der Waals surface area contributed by atoms with Gasteiger partial charge in [0.15, 0.2) is 0 Å². The van der Waals surface area contributed by atoms with Crippen LogP contribution in [-0.4, -0.2) is 11.6 Å². The minimum atomic E-state index is 0.0280. The van der Waals surface area contributed by atoms with Crippen molar-refractivity contribution in [2.75, 3.05) is 6.61 Å². The van der Waals surface area contributed by atoms with Crippen molar-refractivity contribution in [3.8, 4) is 5.75 Å². The Morgan fingerprint density at radius 3 is 2.81 bits per heavy atom. The van der Waals surface area contributed by atoms with E-state index in [1.54, 1.807) is 0 Å². The zero-order valence-electron chi connectivity index (χ0n) is 11.9. The fourth-order valence-corrected chi connectivity index (χ4v) is 3.05. The van der Waals surface area contributed by atoms with E-state index in [0.29, 0.717) is 6.61 Å². The molecule has 0 saturated heterocycles. The Morgan fingerprint density at radius 2 is 1.95 bits per heavy atom. The zero-order valence-corrected chi connectivity index (χ0v) is 13.5. The summed E-state index contributed by atoms with van der Waals surface area (Å²) in [6, 6.07) is 16.7. The highest BCUT2D eigenvalue weighted by atomic mass is 79.9. The molecule has 0 saturated carbocycles. The van der Waals surface area contributed by atoms with Crippen molar-refractivity contribution >= 4 is 15.9 Å². The fourth-order valence-electron chi connectivity index (χ4n) is 2.55. The van der Waals surface area contributed by atoms with Crippen molar-refractivity contribution < 1.29 is 9.47 Å². The van der Waals surface area contributed by atoms with E-state index in [0.717, 1.165) is 31.6 Å². The smallest absolute Gasteiger partial charge is 0.122 e. The van der Waals surface area contributed by atoms with Gasteiger partial charge in [0, 0.05) is 6.42 Å². The largest absolute Gasteiger partial charge is 0.493 e. The lowest BCUT2D eigenvalue weighted by Crippen LogP contribution is -2.11. The van der Waals surface area contributed by atoms with Gasteiger partial charge in [-0.1, -0.05) is 58.4 Å². The van der Waals surface area contributed by atoms with E-state index < -0.39 is 0 Å². The van der Waals surface area contributed by atoms with Crippen molar-refractivity contribution in [3.63, 3.8) is 0 Å². The second-order valence-electron chi connectivity index (χ2n) is 5.30. The molecule has 0 spiro atoms. The van der Waals surface area contributed by atoms with Gasteiger partial charge in [-0.2, -0.15) is 0 Å². The number of halogens is 1. The molecule has 2 aromatic carbocycles. The monoisotopic (exact) mass is 346 g/mol. The standard InChI is InChI=1S/C18H19BrO2/c19-18(21-13-14-5-2-1-3-6-14)12-15-8-9-17-16(11-15)7-4-10-20-17/h1-3,5-6,8-9,11,18H,4,7,10,12-13H2. The summed E-state index contributed by atoms with van der Waals surface area (Å²) >= 11 is 3.61. The molecule has 1 aliphatic heterocycles. The second-order valence-corrected chi connectivity index (χ2v) is 6.33. The third-order valence-electron chi connectivity index (χ3n) is 3.64. The van der Waals surface area contributed by atoms with E-state index in [-0.39, 0.29) is 5.01 Å². The minimum Gasteiger partial charge on any atom is -0.493 e. The third-order valence-corrected chi connectivity index (χ3v) is 4.23. The third kappa shape index (κ3) is 4.08. The van der Waals surface area contributed by atoms with Gasteiger partial charge in [-0.25, -0.2) is 0 Å². The van der Waals surface area contributed by atoms with Crippen molar-refractivity contribution in [1.82, 2.24) is 0 Å². The summed E-state index contributed by atoms with van der Waals surface area (Å²) in [6.07, 6.45) is 3.08. The van der Waals surface area contributed by atoms with E-state index in [4.69, 9.17) is 9.47 Å². The Morgan fingerprint density at radius 1 is 1.10 bits per heavy atom. The number of hydrogen-bond acceptors (Lipinski definition) is 2. The molecule has 1 unspecified atom stereocenters. The first-order chi connectivity index (χ1) is 10.3. The molecule has 3 heteroatoms. The first kappa shape index (κ1) is 14.6. The lowest BCUT2D eigenvalue weighted by Gasteiger charge is -2.18. The van der Waals surface area contributed by atoms with E-state index in [9.17, 15) is 0 Å². The summed E-state index contributed by atoms with van der Waals surface area (Å²) in [6.45, 7) is 1.47. The van der Waals surface area contributed by atoms with E-state index in [1.807, 2.05) is 18.2 Å². The molecule has 21 heavy (non-hydrogen) atoms. The second kappa shape index (κ2) is 7.10. The Balaban J connectivity index is 1.56. The molecule has 0 fully saturated rings. The maximum absolute atomic E-state index is 5.86. The fraction of sp³-hybridized carbons (Fsp3) is 0.333. The van der Waals surface area contributed by atoms with Crippen LogP contribution in [0.3, 0.4) is 0 Å². The van der Waals surface area contributed by atoms with Crippen LogP contribution in [0.15, 0.2) is 48.5 Å². The van der Waals surface area contributed by atoms with Gasteiger partial charge in [-0.05, 0) is 35.6 Å². The molecule has 0 bridgehead atoms. The predicted molar refractivity (Wildman–Crippen MR) is 87.9 cm³/mol. The summed E-state index contributed by atoms with van der Waals surface area (Å²) in [5.41, 5.74) is 3.80. The Kier molecular flexibility index (Phi) is 4.94. The number of hydrogen-bond donors (Lipinski definition) is 0. The van der Waals surface area contributed by atoms with Gasteiger partial charge < -0.3 is 9.47 Å². The van der Waals surface area contributed by atoms with Crippen LogP contribution in [0, 0.1) is 0 Å². The summed E-state index contributed by atoms with van der Waals surface area (Å²) < 4.78 is 11.5. The summed E-state index contributed by atoms with van der Waals surface area (Å²) in [5, 5.41) is 0.0280. The summed E-state index contributed by atoms with van der Waals surface area (Å²) in [7, 11) is 0. The SMILES string of the molecule is BrC(Cc1ccc2c(c1)CCCO2)OCc1ccccc1. The van der Waals surface area contributed by atoms with E-state index in [2.05, 4.69) is 46.3 Å². The van der Waals surface area contributed by atoms with Crippen molar-refractivity contribution in [1.29, 1.82) is 0 Å². The van der Waals surface area contributed by atoms with Gasteiger partial charge in [0.25, 0.3) is 0 Å². The molecule has 0 amide bonds.